The smallest absolute Gasteiger partial charge is 0.340 e. The molecule has 2 atom stereocenters. The van der Waals surface area contributed by atoms with Crippen LogP contribution >= 0.6 is 0 Å². The fraction of sp³-hybridized carbons (Fsp3) is 0.583. The van der Waals surface area contributed by atoms with Crippen molar-refractivity contribution in [2.24, 2.45) is 7.05 Å². The number of aryl methyl sites for hydroxylation is 1. The van der Waals surface area contributed by atoms with Crippen molar-refractivity contribution < 1.29 is 31.7 Å². The number of carbonyl (C=O) groups excluding carboxylic acids is 2. The second-order valence-electron chi connectivity index (χ2n) is 5.80. The molecule has 2 bridgehead atoms. The molecule has 3 heterocycles. The Morgan fingerprint density at radius 3 is 2.88 bits per heavy atom. The number of carbonyl (C=O) groups is 2. The molecular formula is C12H17N5O7S. The van der Waals surface area contributed by atoms with Crippen molar-refractivity contribution in [1.82, 2.24) is 25.0 Å². The summed E-state index contributed by atoms with van der Waals surface area (Å²) >= 11 is 0. The minimum Gasteiger partial charge on any atom is -0.340 e. The molecule has 0 aliphatic carbocycles. The second-order valence-corrected chi connectivity index (χ2v) is 6.80. The first kappa shape index (κ1) is 17.6. The molecule has 0 saturated carbocycles. The van der Waals surface area contributed by atoms with Crippen molar-refractivity contribution in [3.8, 4) is 0 Å². The number of urea groups is 1. The zero-order chi connectivity index (χ0) is 18.2. The Bertz CT molecular complexity index is 779. The molecule has 2 fully saturated rings. The number of rotatable bonds is 6. The summed E-state index contributed by atoms with van der Waals surface area (Å²) in [7, 11) is -3.02. The van der Waals surface area contributed by atoms with Gasteiger partial charge in [0, 0.05) is 19.8 Å². The van der Waals surface area contributed by atoms with Crippen LogP contribution in [-0.2, 0) is 38.0 Å². The lowest BCUT2D eigenvalue weighted by Crippen LogP contribution is -2.49. The number of piperidine rings is 1. The number of nitrogens with zero attached hydrogens (tertiary/aromatic N) is 4. The molecule has 0 spiro atoms. The van der Waals surface area contributed by atoms with Crippen molar-refractivity contribution >= 4 is 22.3 Å². The van der Waals surface area contributed by atoms with Gasteiger partial charge in [-0.25, -0.2) is 15.3 Å². The van der Waals surface area contributed by atoms with Crippen LogP contribution < -0.4 is 5.48 Å². The van der Waals surface area contributed by atoms with E-state index in [0.29, 0.717) is 23.6 Å². The summed E-state index contributed by atoms with van der Waals surface area (Å²) in [6, 6.07) is -2.17. The number of nitrogens with one attached hydrogen (secondary N) is 1. The van der Waals surface area contributed by atoms with E-state index in [-0.39, 0.29) is 13.2 Å². The molecule has 2 aliphatic rings. The van der Waals surface area contributed by atoms with E-state index in [0.717, 1.165) is 0 Å². The Morgan fingerprint density at radius 1 is 1.48 bits per heavy atom. The maximum atomic E-state index is 12.2. The maximum absolute atomic E-state index is 12.2. The lowest BCUT2D eigenvalue weighted by molar-refractivity contribution is -0.140. The van der Waals surface area contributed by atoms with Crippen molar-refractivity contribution in [2.75, 3.05) is 6.54 Å². The molecule has 3 amide bonds. The van der Waals surface area contributed by atoms with E-state index in [1.54, 1.807) is 24.1 Å². The Labute approximate surface area is 143 Å². The molecule has 13 heteroatoms. The quantitative estimate of drug-likeness (QED) is 0.475. The Hall–Kier alpha value is -2.22. The van der Waals surface area contributed by atoms with Gasteiger partial charge in [0.15, 0.2) is 0 Å². The molecule has 0 aromatic carbocycles. The fourth-order valence-electron chi connectivity index (χ4n) is 2.89. The summed E-state index contributed by atoms with van der Waals surface area (Å²) < 4.78 is 36.4. The molecule has 2 N–H and O–H groups in total. The summed E-state index contributed by atoms with van der Waals surface area (Å²) in [4.78, 5) is 34.8. The van der Waals surface area contributed by atoms with Crippen LogP contribution in [0.5, 0.6) is 0 Å². The van der Waals surface area contributed by atoms with Crippen LogP contribution in [0.15, 0.2) is 12.5 Å². The predicted molar refractivity (Wildman–Crippen MR) is 79.5 cm³/mol. The van der Waals surface area contributed by atoms with Gasteiger partial charge in [-0.1, -0.05) is 0 Å². The van der Waals surface area contributed by atoms with Gasteiger partial charge in [0.05, 0.1) is 18.1 Å². The first-order valence-electron chi connectivity index (χ1n) is 7.40. The highest BCUT2D eigenvalue weighted by Crippen LogP contribution is 2.30. The normalized spacial score (nSPS) is 23.2. The lowest BCUT2D eigenvalue weighted by Gasteiger charge is -2.28. The number of aromatic nitrogens is 2. The Morgan fingerprint density at radius 2 is 2.24 bits per heavy atom. The lowest BCUT2D eigenvalue weighted by atomic mass is 10.0. The van der Waals surface area contributed by atoms with Crippen molar-refractivity contribution in [2.45, 2.75) is 31.5 Å². The van der Waals surface area contributed by atoms with Gasteiger partial charge in [0.1, 0.15) is 12.6 Å². The summed E-state index contributed by atoms with van der Waals surface area (Å²) in [5.74, 6) is -0.531. The highest BCUT2D eigenvalue weighted by molar-refractivity contribution is 7.80. The van der Waals surface area contributed by atoms with Gasteiger partial charge in [0.25, 0.3) is 5.91 Å². The summed E-state index contributed by atoms with van der Waals surface area (Å²) in [6.45, 7) is 0.181. The summed E-state index contributed by atoms with van der Waals surface area (Å²) in [5, 5.41) is 0.581. The maximum Gasteiger partial charge on any atom is 0.418 e. The van der Waals surface area contributed by atoms with E-state index in [4.69, 9.17) is 9.39 Å². The molecular weight excluding hydrogens is 358 g/mol. The third-order valence-electron chi connectivity index (χ3n) is 3.95. The van der Waals surface area contributed by atoms with Crippen LogP contribution in [0.25, 0.3) is 0 Å². The molecule has 138 valence electrons. The van der Waals surface area contributed by atoms with Gasteiger partial charge in [-0.2, -0.15) is 13.5 Å². The van der Waals surface area contributed by atoms with Gasteiger partial charge in [0.2, 0.25) is 0 Å². The van der Waals surface area contributed by atoms with Gasteiger partial charge >= 0.3 is 16.4 Å². The topological polar surface area (TPSA) is 143 Å². The van der Waals surface area contributed by atoms with E-state index >= 15 is 0 Å². The SMILES string of the molecule is Cn1cnc(CONC(=O)C2CCC3CN2C(=O)N3OS(=O)(=O)O)c1. The number of hydrogen-bond donors (Lipinski definition) is 2. The molecule has 2 aliphatic heterocycles. The molecule has 3 rings (SSSR count). The second kappa shape index (κ2) is 6.59. The fourth-order valence-corrected chi connectivity index (χ4v) is 3.28. The number of hydrogen-bond acceptors (Lipinski definition) is 7. The van der Waals surface area contributed by atoms with Crippen LogP contribution in [-0.4, -0.2) is 63.1 Å². The third-order valence-corrected chi connectivity index (χ3v) is 4.30. The van der Waals surface area contributed by atoms with E-state index in [2.05, 4.69) is 14.7 Å². The zero-order valence-electron chi connectivity index (χ0n) is 13.2. The van der Waals surface area contributed by atoms with Crippen LogP contribution in [0.1, 0.15) is 18.5 Å². The summed E-state index contributed by atoms with van der Waals surface area (Å²) in [6.07, 6.45) is 3.97. The molecule has 1 aromatic heterocycles. The molecule has 2 unspecified atom stereocenters. The number of hydroxylamine groups is 3. The van der Waals surface area contributed by atoms with Crippen LogP contribution in [0.3, 0.4) is 0 Å². The third kappa shape index (κ3) is 3.89. The first-order chi connectivity index (χ1) is 11.7. The van der Waals surface area contributed by atoms with Crippen molar-refractivity contribution in [3.05, 3.63) is 18.2 Å². The minimum atomic E-state index is -4.82. The molecule has 2 saturated heterocycles. The van der Waals surface area contributed by atoms with Crippen LogP contribution in [0, 0.1) is 0 Å². The Kier molecular flexibility index (Phi) is 4.64. The average Bonchev–Trinajstić information content (AvgIpc) is 3.04. The number of imidazole rings is 1. The Balaban J connectivity index is 1.56. The van der Waals surface area contributed by atoms with Crippen LogP contribution in [0.4, 0.5) is 4.79 Å². The minimum absolute atomic E-state index is 0.0634. The molecule has 0 radical (unpaired) electrons. The first-order valence-corrected chi connectivity index (χ1v) is 8.76. The highest BCUT2D eigenvalue weighted by atomic mass is 32.3. The van der Waals surface area contributed by atoms with E-state index in [1.807, 2.05) is 0 Å². The van der Waals surface area contributed by atoms with Crippen molar-refractivity contribution in [1.29, 1.82) is 0 Å². The van der Waals surface area contributed by atoms with Gasteiger partial charge in [-0.3, -0.25) is 14.2 Å². The van der Waals surface area contributed by atoms with E-state index < -0.39 is 34.4 Å². The monoisotopic (exact) mass is 375 g/mol. The van der Waals surface area contributed by atoms with Crippen LogP contribution in [0.2, 0.25) is 0 Å². The largest absolute Gasteiger partial charge is 0.418 e. The van der Waals surface area contributed by atoms with E-state index in [9.17, 15) is 18.0 Å². The average molecular weight is 375 g/mol. The molecule has 25 heavy (non-hydrogen) atoms. The predicted octanol–water partition coefficient (Wildman–Crippen LogP) is -1.03. The van der Waals surface area contributed by atoms with Gasteiger partial charge < -0.3 is 9.47 Å². The van der Waals surface area contributed by atoms with Gasteiger partial charge in [-0.05, 0) is 12.8 Å². The zero-order valence-corrected chi connectivity index (χ0v) is 14.0. The van der Waals surface area contributed by atoms with Crippen molar-refractivity contribution in [3.63, 3.8) is 0 Å². The van der Waals surface area contributed by atoms with E-state index in [1.165, 1.54) is 4.90 Å². The number of fused-ring (bicyclic) bond motifs is 2. The number of amides is 3. The van der Waals surface area contributed by atoms with Gasteiger partial charge in [-0.15, -0.1) is 4.28 Å². The molecule has 1 aromatic rings. The molecule has 12 nitrogen and oxygen atoms in total. The summed E-state index contributed by atoms with van der Waals surface area (Å²) in [5.41, 5.74) is 2.89. The highest BCUT2D eigenvalue weighted by Gasteiger charge is 2.49. The standard InChI is InChI=1S/C12H17N5O7S/c1-15-4-8(13-7-15)6-23-14-11(18)10-3-2-9-5-16(10)12(19)17(9)24-25(20,21)22/h4,7,9-10H,2-3,5-6H2,1H3,(H,14,18)(H,20,21,22).